The summed E-state index contributed by atoms with van der Waals surface area (Å²) in [7, 11) is 2.12. The average Bonchev–Trinajstić information content (AvgIpc) is 3.15. The quantitative estimate of drug-likeness (QED) is 0.891. The maximum Gasteiger partial charge on any atom is 0.273 e. The van der Waals surface area contributed by atoms with Crippen molar-refractivity contribution in [2.45, 2.75) is 37.6 Å². The molecule has 3 rings (SSSR count). The highest BCUT2D eigenvalue weighted by molar-refractivity contribution is 9.10. The largest absolute Gasteiger partial charge is 0.348 e. The van der Waals surface area contributed by atoms with Gasteiger partial charge in [0.15, 0.2) is 5.69 Å². The van der Waals surface area contributed by atoms with E-state index in [0.717, 1.165) is 36.1 Å². The summed E-state index contributed by atoms with van der Waals surface area (Å²) in [5, 5.41) is 10.2. The van der Waals surface area contributed by atoms with Gasteiger partial charge in [0.25, 0.3) is 5.91 Å². The molecule has 6 heteroatoms. The molecule has 1 aliphatic carbocycles. The molecule has 0 aromatic carbocycles. The van der Waals surface area contributed by atoms with Gasteiger partial charge in [0.2, 0.25) is 0 Å². The molecule has 19 heavy (non-hydrogen) atoms. The van der Waals surface area contributed by atoms with Crippen LogP contribution in [-0.4, -0.2) is 47.2 Å². The van der Waals surface area contributed by atoms with Crippen molar-refractivity contribution in [2.75, 3.05) is 20.1 Å². The molecule has 0 bridgehead atoms. The van der Waals surface area contributed by atoms with Crippen LogP contribution in [0, 0.1) is 0 Å². The summed E-state index contributed by atoms with van der Waals surface area (Å²) in [6, 6.07) is 0.275. The van der Waals surface area contributed by atoms with Gasteiger partial charge in [-0.05, 0) is 61.8 Å². The highest BCUT2D eigenvalue weighted by Crippen LogP contribution is 2.42. The van der Waals surface area contributed by atoms with Crippen LogP contribution < -0.4 is 5.32 Å². The van der Waals surface area contributed by atoms with Crippen LogP contribution in [0.15, 0.2) is 4.47 Å². The minimum absolute atomic E-state index is 0.0652. The maximum absolute atomic E-state index is 12.2. The van der Waals surface area contributed by atoms with E-state index in [0.29, 0.717) is 11.6 Å². The van der Waals surface area contributed by atoms with E-state index >= 15 is 0 Å². The van der Waals surface area contributed by atoms with Crippen LogP contribution >= 0.6 is 15.9 Å². The lowest BCUT2D eigenvalue weighted by atomic mass is 10.1. The molecule has 2 heterocycles. The van der Waals surface area contributed by atoms with Crippen molar-refractivity contribution < 1.29 is 4.79 Å². The minimum Gasteiger partial charge on any atom is -0.348 e. The lowest BCUT2D eigenvalue weighted by Crippen LogP contribution is -2.43. The van der Waals surface area contributed by atoms with Gasteiger partial charge in [-0.25, -0.2) is 0 Å². The minimum atomic E-state index is -0.0652. The van der Waals surface area contributed by atoms with Crippen LogP contribution in [0.1, 0.15) is 47.8 Å². The third-order valence-electron chi connectivity index (χ3n) is 3.99. The van der Waals surface area contributed by atoms with Crippen molar-refractivity contribution in [2.24, 2.45) is 0 Å². The second-order valence-corrected chi connectivity index (χ2v) is 6.42. The van der Waals surface area contributed by atoms with E-state index in [4.69, 9.17) is 0 Å². The Hall–Kier alpha value is -0.880. The highest BCUT2D eigenvalue weighted by atomic mass is 79.9. The van der Waals surface area contributed by atoms with Crippen LogP contribution in [0.4, 0.5) is 0 Å². The maximum atomic E-state index is 12.2. The molecule has 2 aliphatic rings. The number of hydrogen-bond acceptors (Lipinski definition) is 3. The molecule has 0 unspecified atom stereocenters. The first kappa shape index (κ1) is 13.1. The number of likely N-dealkylation sites (tertiary alicyclic amines) is 1. The molecule has 5 nitrogen and oxygen atoms in total. The molecule has 104 valence electrons. The van der Waals surface area contributed by atoms with Crippen LogP contribution in [0.3, 0.4) is 0 Å². The summed E-state index contributed by atoms with van der Waals surface area (Å²) < 4.78 is 0.848. The Morgan fingerprint density at radius 1 is 1.37 bits per heavy atom. The van der Waals surface area contributed by atoms with Gasteiger partial charge in [0, 0.05) is 12.0 Å². The second kappa shape index (κ2) is 5.25. The number of halogens is 1. The molecular formula is C13H19BrN4O. The van der Waals surface area contributed by atoms with Crippen LogP contribution in [0.2, 0.25) is 0 Å². The Bertz CT molecular complexity index is 475. The Morgan fingerprint density at radius 2 is 2.05 bits per heavy atom. The fourth-order valence-electron chi connectivity index (χ4n) is 2.54. The summed E-state index contributed by atoms with van der Waals surface area (Å²) in [4.78, 5) is 14.5. The van der Waals surface area contributed by atoms with Crippen molar-refractivity contribution in [1.82, 2.24) is 20.4 Å². The summed E-state index contributed by atoms with van der Waals surface area (Å²) in [6.45, 7) is 2.08. The standard InChI is InChI=1S/C13H19BrN4O/c1-18-6-4-9(5-7-18)15-13(19)12-10(14)11(16-17-12)8-2-3-8/h8-9H,2-7H2,1H3,(H,15,19)(H,16,17). The molecule has 1 amide bonds. The number of nitrogens with zero attached hydrogens (tertiary/aromatic N) is 2. The fraction of sp³-hybridized carbons (Fsp3) is 0.692. The summed E-state index contributed by atoms with van der Waals surface area (Å²) in [5.41, 5.74) is 1.58. The molecule has 2 N–H and O–H groups in total. The number of aromatic amines is 1. The third kappa shape index (κ3) is 2.84. The van der Waals surface area contributed by atoms with Gasteiger partial charge >= 0.3 is 0 Å². The normalized spacial score (nSPS) is 21.6. The monoisotopic (exact) mass is 326 g/mol. The number of carbonyl (C=O) groups is 1. The lowest BCUT2D eigenvalue weighted by molar-refractivity contribution is 0.0911. The zero-order valence-corrected chi connectivity index (χ0v) is 12.7. The van der Waals surface area contributed by atoms with Crippen molar-refractivity contribution in [3.8, 4) is 0 Å². The lowest BCUT2D eigenvalue weighted by Gasteiger charge is -2.29. The molecule has 0 atom stereocenters. The van der Waals surface area contributed by atoms with E-state index in [9.17, 15) is 4.79 Å². The van der Waals surface area contributed by atoms with E-state index in [2.05, 4.69) is 43.4 Å². The van der Waals surface area contributed by atoms with Crippen molar-refractivity contribution in [1.29, 1.82) is 0 Å². The number of amides is 1. The Labute approximate surface area is 121 Å². The molecule has 1 aliphatic heterocycles. The first-order chi connectivity index (χ1) is 9.15. The average molecular weight is 327 g/mol. The molecule has 0 spiro atoms. The Kier molecular flexibility index (Phi) is 3.62. The Balaban J connectivity index is 1.63. The van der Waals surface area contributed by atoms with E-state index in [1.807, 2.05) is 0 Å². The zero-order chi connectivity index (χ0) is 13.4. The van der Waals surface area contributed by atoms with Crippen molar-refractivity contribution >= 4 is 21.8 Å². The summed E-state index contributed by atoms with van der Waals surface area (Å²) in [5.74, 6) is 0.497. The molecule has 1 saturated carbocycles. The molecule has 1 aromatic heterocycles. The van der Waals surface area contributed by atoms with Gasteiger partial charge in [0.05, 0.1) is 10.2 Å². The van der Waals surface area contributed by atoms with Crippen molar-refractivity contribution in [3.05, 3.63) is 15.9 Å². The number of hydrogen-bond donors (Lipinski definition) is 2. The zero-order valence-electron chi connectivity index (χ0n) is 11.1. The SMILES string of the molecule is CN1CCC(NC(=O)c2n[nH]c(C3CC3)c2Br)CC1. The molecule has 1 saturated heterocycles. The van der Waals surface area contributed by atoms with Gasteiger partial charge in [-0.1, -0.05) is 0 Å². The second-order valence-electron chi connectivity index (χ2n) is 5.63. The number of H-pyrrole nitrogens is 1. The van der Waals surface area contributed by atoms with E-state index in [1.165, 1.54) is 12.8 Å². The van der Waals surface area contributed by atoms with E-state index < -0.39 is 0 Å². The van der Waals surface area contributed by atoms with Crippen molar-refractivity contribution in [3.63, 3.8) is 0 Å². The molecule has 2 fully saturated rings. The number of aromatic nitrogens is 2. The highest BCUT2D eigenvalue weighted by Gasteiger charge is 2.31. The van der Waals surface area contributed by atoms with E-state index in [-0.39, 0.29) is 11.9 Å². The van der Waals surface area contributed by atoms with Crippen LogP contribution in [-0.2, 0) is 0 Å². The summed E-state index contributed by atoms with van der Waals surface area (Å²) >= 11 is 3.50. The first-order valence-electron chi connectivity index (χ1n) is 6.88. The van der Waals surface area contributed by atoms with E-state index in [1.54, 1.807) is 0 Å². The van der Waals surface area contributed by atoms with Gasteiger partial charge in [-0.15, -0.1) is 0 Å². The number of carbonyl (C=O) groups excluding carboxylic acids is 1. The smallest absolute Gasteiger partial charge is 0.273 e. The summed E-state index contributed by atoms with van der Waals surface area (Å²) in [6.07, 6.45) is 4.41. The predicted octanol–water partition coefficient (Wildman–Crippen LogP) is 1.87. The number of nitrogens with one attached hydrogen (secondary N) is 2. The third-order valence-corrected chi connectivity index (χ3v) is 4.79. The topological polar surface area (TPSA) is 61.0 Å². The molecule has 0 radical (unpaired) electrons. The Morgan fingerprint density at radius 3 is 2.68 bits per heavy atom. The predicted molar refractivity (Wildman–Crippen MR) is 76.2 cm³/mol. The van der Waals surface area contributed by atoms with Crippen LogP contribution in [0.25, 0.3) is 0 Å². The van der Waals surface area contributed by atoms with Crippen LogP contribution in [0.5, 0.6) is 0 Å². The van der Waals surface area contributed by atoms with Gasteiger partial charge in [-0.3, -0.25) is 9.89 Å². The van der Waals surface area contributed by atoms with Gasteiger partial charge in [0.1, 0.15) is 0 Å². The molecule has 1 aromatic rings. The number of rotatable bonds is 3. The van der Waals surface area contributed by atoms with Gasteiger partial charge < -0.3 is 10.2 Å². The van der Waals surface area contributed by atoms with Gasteiger partial charge in [-0.2, -0.15) is 5.10 Å². The number of piperidine rings is 1. The first-order valence-corrected chi connectivity index (χ1v) is 7.67. The fourth-order valence-corrected chi connectivity index (χ4v) is 3.22. The molecular weight excluding hydrogens is 308 g/mol.